The third-order valence-electron chi connectivity index (χ3n) is 4.57. The van der Waals surface area contributed by atoms with Gasteiger partial charge in [-0.05, 0) is 68.5 Å². The van der Waals surface area contributed by atoms with Crippen molar-refractivity contribution in [1.29, 1.82) is 0 Å². The summed E-state index contributed by atoms with van der Waals surface area (Å²) in [5, 5.41) is 5.74. The summed E-state index contributed by atoms with van der Waals surface area (Å²) in [5.74, 6) is -0.644. The van der Waals surface area contributed by atoms with Gasteiger partial charge in [-0.2, -0.15) is 0 Å². The van der Waals surface area contributed by atoms with Crippen LogP contribution >= 0.6 is 0 Å². The molecule has 2 unspecified atom stereocenters. The average Bonchev–Trinajstić information content (AvgIpc) is 3.36. The van der Waals surface area contributed by atoms with E-state index in [1.54, 1.807) is 18.2 Å². The molecule has 1 saturated carbocycles. The van der Waals surface area contributed by atoms with E-state index in [1.807, 2.05) is 32.9 Å². The number of halogens is 1. The summed E-state index contributed by atoms with van der Waals surface area (Å²) in [7, 11) is 0. The van der Waals surface area contributed by atoms with Crippen molar-refractivity contribution in [2.75, 3.05) is 5.32 Å². The topological polar surface area (TPSA) is 58.2 Å². The Labute approximate surface area is 152 Å². The smallest absolute Gasteiger partial charge is 0.251 e. The molecule has 2 aromatic rings. The van der Waals surface area contributed by atoms with Gasteiger partial charge in [0.2, 0.25) is 5.91 Å². The standard InChI is InChI=1S/C21H23FN2O2/c1-12(2)23-20(25)17-10-16(8-7-13(17)3)24-21(26)19-11-18(19)14-5-4-6-15(22)9-14/h4-10,12,18-19H,11H2,1-3H3,(H,23,25)(H,24,26). The summed E-state index contributed by atoms with van der Waals surface area (Å²) in [6.07, 6.45) is 0.710. The fourth-order valence-corrected chi connectivity index (χ4v) is 3.11. The van der Waals surface area contributed by atoms with E-state index in [1.165, 1.54) is 12.1 Å². The number of anilines is 1. The van der Waals surface area contributed by atoms with Crippen molar-refractivity contribution in [3.63, 3.8) is 0 Å². The van der Waals surface area contributed by atoms with Crippen molar-refractivity contribution in [1.82, 2.24) is 5.32 Å². The molecule has 5 heteroatoms. The van der Waals surface area contributed by atoms with Crippen molar-refractivity contribution in [3.8, 4) is 0 Å². The van der Waals surface area contributed by atoms with E-state index in [4.69, 9.17) is 0 Å². The molecule has 0 spiro atoms. The van der Waals surface area contributed by atoms with Crippen LogP contribution in [0.15, 0.2) is 42.5 Å². The average molecular weight is 354 g/mol. The number of hydrogen-bond acceptors (Lipinski definition) is 2. The van der Waals surface area contributed by atoms with E-state index in [-0.39, 0.29) is 35.5 Å². The van der Waals surface area contributed by atoms with Crippen LogP contribution in [0.4, 0.5) is 10.1 Å². The third kappa shape index (κ3) is 4.10. The first-order valence-electron chi connectivity index (χ1n) is 8.83. The predicted molar refractivity (Wildman–Crippen MR) is 99.7 cm³/mol. The summed E-state index contributed by atoms with van der Waals surface area (Å²) in [6.45, 7) is 5.67. The summed E-state index contributed by atoms with van der Waals surface area (Å²) >= 11 is 0. The van der Waals surface area contributed by atoms with E-state index < -0.39 is 0 Å². The number of hydrogen-bond donors (Lipinski definition) is 2. The number of nitrogens with one attached hydrogen (secondary N) is 2. The SMILES string of the molecule is Cc1ccc(NC(=O)C2CC2c2cccc(F)c2)cc1C(=O)NC(C)C. The Bertz CT molecular complexity index is 848. The van der Waals surface area contributed by atoms with Crippen LogP contribution in [0.2, 0.25) is 0 Å². The number of carbonyl (C=O) groups is 2. The van der Waals surface area contributed by atoms with Crippen LogP contribution in [0.1, 0.15) is 47.7 Å². The molecule has 0 aliphatic heterocycles. The molecule has 2 N–H and O–H groups in total. The molecule has 0 heterocycles. The highest BCUT2D eigenvalue weighted by atomic mass is 19.1. The summed E-state index contributed by atoms with van der Waals surface area (Å²) in [5.41, 5.74) is 2.85. The monoisotopic (exact) mass is 354 g/mol. The van der Waals surface area contributed by atoms with Crippen molar-refractivity contribution in [2.45, 2.75) is 39.2 Å². The molecule has 0 saturated heterocycles. The van der Waals surface area contributed by atoms with Gasteiger partial charge in [-0.1, -0.05) is 18.2 Å². The lowest BCUT2D eigenvalue weighted by Crippen LogP contribution is -2.30. The fraction of sp³-hybridized carbons (Fsp3) is 0.333. The molecule has 4 nitrogen and oxygen atoms in total. The van der Waals surface area contributed by atoms with Gasteiger partial charge >= 0.3 is 0 Å². The van der Waals surface area contributed by atoms with Gasteiger partial charge in [0.05, 0.1) is 0 Å². The quantitative estimate of drug-likeness (QED) is 0.852. The summed E-state index contributed by atoms with van der Waals surface area (Å²) in [6, 6.07) is 11.7. The first-order valence-corrected chi connectivity index (χ1v) is 8.83. The molecule has 2 aromatic carbocycles. The normalized spacial score (nSPS) is 18.5. The van der Waals surface area contributed by atoms with Gasteiger partial charge in [0.1, 0.15) is 5.82 Å². The summed E-state index contributed by atoms with van der Waals surface area (Å²) in [4.78, 5) is 24.8. The lowest BCUT2D eigenvalue weighted by Gasteiger charge is -2.12. The number of carbonyl (C=O) groups excluding carboxylic acids is 2. The predicted octanol–water partition coefficient (Wildman–Crippen LogP) is 4.01. The first-order chi connectivity index (χ1) is 12.3. The zero-order valence-corrected chi connectivity index (χ0v) is 15.2. The zero-order valence-electron chi connectivity index (χ0n) is 15.2. The Morgan fingerprint density at radius 2 is 1.92 bits per heavy atom. The largest absolute Gasteiger partial charge is 0.350 e. The van der Waals surface area contributed by atoms with Crippen LogP contribution in [-0.4, -0.2) is 17.9 Å². The maximum absolute atomic E-state index is 13.3. The van der Waals surface area contributed by atoms with Crippen LogP contribution in [0.25, 0.3) is 0 Å². The van der Waals surface area contributed by atoms with Crippen LogP contribution < -0.4 is 10.6 Å². The highest BCUT2D eigenvalue weighted by Gasteiger charge is 2.44. The van der Waals surface area contributed by atoms with Crippen molar-refractivity contribution < 1.29 is 14.0 Å². The van der Waals surface area contributed by atoms with Gasteiger partial charge in [-0.3, -0.25) is 9.59 Å². The van der Waals surface area contributed by atoms with Crippen molar-refractivity contribution in [3.05, 3.63) is 65.0 Å². The second-order valence-electron chi connectivity index (χ2n) is 7.15. The molecular weight excluding hydrogens is 331 g/mol. The highest BCUT2D eigenvalue weighted by Crippen LogP contribution is 2.48. The summed E-state index contributed by atoms with van der Waals surface area (Å²) < 4.78 is 13.3. The van der Waals surface area contributed by atoms with Gasteiger partial charge in [0, 0.05) is 23.2 Å². The molecule has 0 bridgehead atoms. The zero-order chi connectivity index (χ0) is 18.8. The molecule has 3 rings (SSSR count). The van der Waals surface area contributed by atoms with Crippen LogP contribution in [0.3, 0.4) is 0 Å². The maximum Gasteiger partial charge on any atom is 0.251 e. The van der Waals surface area contributed by atoms with Gasteiger partial charge in [-0.15, -0.1) is 0 Å². The minimum Gasteiger partial charge on any atom is -0.350 e. The van der Waals surface area contributed by atoms with Crippen molar-refractivity contribution in [2.24, 2.45) is 5.92 Å². The van der Waals surface area contributed by atoms with Crippen LogP contribution in [0, 0.1) is 18.7 Å². The number of benzene rings is 2. The van der Waals surface area contributed by atoms with Crippen LogP contribution in [-0.2, 0) is 4.79 Å². The minimum absolute atomic E-state index is 0.0404. The highest BCUT2D eigenvalue weighted by molar-refractivity contribution is 5.99. The van der Waals surface area contributed by atoms with Gasteiger partial charge < -0.3 is 10.6 Å². The molecule has 0 radical (unpaired) electrons. The molecule has 1 aliphatic rings. The van der Waals surface area contributed by atoms with E-state index in [9.17, 15) is 14.0 Å². The van der Waals surface area contributed by atoms with Gasteiger partial charge in [0.25, 0.3) is 5.91 Å². The molecular formula is C21H23FN2O2. The minimum atomic E-state index is -0.284. The van der Waals surface area contributed by atoms with Crippen molar-refractivity contribution >= 4 is 17.5 Å². The Morgan fingerprint density at radius 3 is 2.62 bits per heavy atom. The fourth-order valence-electron chi connectivity index (χ4n) is 3.11. The molecule has 136 valence electrons. The van der Waals surface area contributed by atoms with Gasteiger partial charge in [0.15, 0.2) is 0 Å². The van der Waals surface area contributed by atoms with E-state index in [0.717, 1.165) is 11.1 Å². The second-order valence-corrected chi connectivity index (χ2v) is 7.15. The number of rotatable bonds is 5. The molecule has 26 heavy (non-hydrogen) atoms. The van der Waals surface area contributed by atoms with E-state index in [0.29, 0.717) is 17.7 Å². The van der Waals surface area contributed by atoms with E-state index >= 15 is 0 Å². The Kier molecular flexibility index (Phi) is 5.07. The molecule has 0 aromatic heterocycles. The van der Waals surface area contributed by atoms with E-state index in [2.05, 4.69) is 10.6 Å². The molecule has 1 fully saturated rings. The van der Waals surface area contributed by atoms with Crippen LogP contribution in [0.5, 0.6) is 0 Å². The molecule has 2 atom stereocenters. The lowest BCUT2D eigenvalue weighted by atomic mass is 10.1. The molecule has 1 aliphatic carbocycles. The first kappa shape index (κ1) is 18.1. The lowest BCUT2D eigenvalue weighted by molar-refractivity contribution is -0.117. The Hall–Kier alpha value is -2.69. The van der Waals surface area contributed by atoms with Gasteiger partial charge in [-0.25, -0.2) is 4.39 Å². The molecule has 2 amide bonds. The Balaban J connectivity index is 1.68. The second kappa shape index (κ2) is 7.28. The number of amides is 2. The number of aryl methyl sites for hydroxylation is 1. The maximum atomic E-state index is 13.3. The third-order valence-corrected chi connectivity index (χ3v) is 4.57. The Morgan fingerprint density at radius 1 is 1.15 bits per heavy atom.